The molecule has 0 aromatic heterocycles. The zero-order chi connectivity index (χ0) is 15.0. The Morgan fingerprint density at radius 2 is 2.29 bits per heavy atom. The number of halogens is 1. The van der Waals surface area contributed by atoms with E-state index >= 15 is 0 Å². The Kier molecular flexibility index (Phi) is 3.61. The lowest BCUT2D eigenvalue weighted by Crippen LogP contribution is -2.45. The van der Waals surface area contributed by atoms with Crippen LogP contribution in [0.25, 0.3) is 0 Å². The molecule has 0 amide bonds. The topological polar surface area (TPSA) is 61.5 Å². The third-order valence-corrected chi connectivity index (χ3v) is 4.67. The van der Waals surface area contributed by atoms with Gasteiger partial charge in [0, 0.05) is 24.9 Å². The molecule has 0 spiro atoms. The molecule has 0 saturated heterocycles. The highest BCUT2D eigenvalue weighted by atomic mass is 19.1. The minimum absolute atomic E-state index is 0.148. The maximum Gasteiger partial charge on any atom is 0.313 e. The van der Waals surface area contributed by atoms with Crippen LogP contribution in [0.4, 0.5) is 4.39 Å². The SMILES string of the molecule is COC(=O)C(CN)(CC1Cc2cc(F)ccc2O1)C1CC1. The van der Waals surface area contributed by atoms with Gasteiger partial charge in [-0.3, -0.25) is 4.79 Å². The zero-order valence-corrected chi connectivity index (χ0v) is 12.1. The Bertz CT molecular complexity index is 558. The van der Waals surface area contributed by atoms with Crippen molar-refractivity contribution in [3.05, 3.63) is 29.6 Å². The molecule has 3 rings (SSSR count). The van der Waals surface area contributed by atoms with E-state index in [0.29, 0.717) is 18.6 Å². The van der Waals surface area contributed by atoms with Crippen molar-refractivity contribution in [2.45, 2.75) is 31.8 Å². The zero-order valence-electron chi connectivity index (χ0n) is 12.1. The number of hydrogen-bond acceptors (Lipinski definition) is 4. The van der Waals surface area contributed by atoms with Crippen LogP contribution in [0.1, 0.15) is 24.8 Å². The van der Waals surface area contributed by atoms with Crippen LogP contribution in [0.15, 0.2) is 18.2 Å². The molecule has 2 aliphatic rings. The molecule has 0 radical (unpaired) electrons. The van der Waals surface area contributed by atoms with Crippen LogP contribution in [-0.2, 0) is 16.0 Å². The summed E-state index contributed by atoms with van der Waals surface area (Å²) >= 11 is 0. The molecule has 5 heteroatoms. The van der Waals surface area contributed by atoms with E-state index in [1.54, 1.807) is 6.07 Å². The number of hydrogen-bond donors (Lipinski definition) is 1. The summed E-state index contributed by atoms with van der Waals surface area (Å²) in [6, 6.07) is 4.53. The molecule has 1 aromatic carbocycles. The van der Waals surface area contributed by atoms with Crippen molar-refractivity contribution >= 4 is 5.97 Å². The Morgan fingerprint density at radius 3 is 2.90 bits per heavy atom. The number of methoxy groups -OCH3 is 1. The summed E-state index contributed by atoms with van der Waals surface area (Å²) in [4.78, 5) is 12.2. The number of benzene rings is 1. The van der Waals surface area contributed by atoms with E-state index in [1.165, 1.54) is 19.2 Å². The highest BCUT2D eigenvalue weighted by Crippen LogP contribution is 2.50. The van der Waals surface area contributed by atoms with E-state index in [0.717, 1.165) is 18.4 Å². The van der Waals surface area contributed by atoms with E-state index in [2.05, 4.69) is 0 Å². The van der Waals surface area contributed by atoms with Crippen LogP contribution in [0.5, 0.6) is 5.75 Å². The molecule has 1 aliphatic heterocycles. The molecule has 114 valence electrons. The first kappa shape index (κ1) is 14.3. The number of carbonyl (C=O) groups excluding carboxylic acids is 1. The van der Waals surface area contributed by atoms with E-state index in [1.807, 2.05) is 0 Å². The molecule has 21 heavy (non-hydrogen) atoms. The van der Waals surface area contributed by atoms with Crippen LogP contribution in [-0.4, -0.2) is 25.7 Å². The molecule has 4 nitrogen and oxygen atoms in total. The minimum atomic E-state index is -0.667. The third-order valence-electron chi connectivity index (χ3n) is 4.67. The van der Waals surface area contributed by atoms with Crippen molar-refractivity contribution in [1.29, 1.82) is 0 Å². The van der Waals surface area contributed by atoms with Crippen molar-refractivity contribution in [2.24, 2.45) is 17.1 Å². The van der Waals surface area contributed by atoms with Crippen molar-refractivity contribution in [2.75, 3.05) is 13.7 Å². The second-order valence-corrected chi connectivity index (χ2v) is 6.03. The summed E-state index contributed by atoms with van der Waals surface area (Å²) in [5.74, 6) is 0.462. The quantitative estimate of drug-likeness (QED) is 0.844. The number of rotatable bonds is 5. The first-order valence-electron chi connectivity index (χ1n) is 7.32. The second kappa shape index (κ2) is 5.30. The summed E-state index contributed by atoms with van der Waals surface area (Å²) in [5, 5.41) is 0. The van der Waals surface area contributed by atoms with Crippen molar-refractivity contribution in [1.82, 2.24) is 0 Å². The van der Waals surface area contributed by atoms with Gasteiger partial charge in [0.25, 0.3) is 0 Å². The van der Waals surface area contributed by atoms with Crippen LogP contribution >= 0.6 is 0 Å². The molecule has 1 saturated carbocycles. The first-order valence-corrected chi connectivity index (χ1v) is 7.32. The predicted octanol–water partition coefficient (Wildman–Crippen LogP) is 2.05. The van der Waals surface area contributed by atoms with Crippen LogP contribution in [0, 0.1) is 17.2 Å². The minimum Gasteiger partial charge on any atom is -0.490 e. The number of fused-ring (bicyclic) bond motifs is 1. The predicted molar refractivity (Wildman–Crippen MR) is 75.4 cm³/mol. The number of nitrogens with two attached hydrogens (primary N) is 1. The summed E-state index contributed by atoms with van der Waals surface area (Å²) in [6.07, 6.45) is 2.99. The van der Waals surface area contributed by atoms with E-state index in [-0.39, 0.29) is 30.4 Å². The molecule has 1 fully saturated rings. The van der Waals surface area contributed by atoms with E-state index in [9.17, 15) is 9.18 Å². The molecule has 1 aromatic rings. The van der Waals surface area contributed by atoms with Gasteiger partial charge in [0.05, 0.1) is 12.5 Å². The lowest BCUT2D eigenvalue weighted by Gasteiger charge is -2.31. The number of carbonyl (C=O) groups is 1. The van der Waals surface area contributed by atoms with E-state index < -0.39 is 5.41 Å². The molecule has 1 aliphatic carbocycles. The van der Waals surface area contributed by atoms with Gasteiger partial charge in [-0.1, -0.05) is 0 Å². The van der Waals surface area contributed by atoms with Gasteiger partial charge >= 0.3 is 5.97 Å². The van der Waals surface area contributed by atoms with Gasteiger partial charge in [-0.2, -0.15) is 0 Å². The fourth-order valence-corrected chi connectivity index (χ4v) is 3.40. The summed E-state index contributed by atoms with van der Waals surface area (Å²) in [5.41, 5.74) is 6.10. The lowest BCUT2D eigenvalue weighted by molar-refractivity contribution is -0.155. The van der Waals surface area contributed by atoms with Crippen molar-refractivity contribution in [3.63, 3.8) is 0 Å². The Balaban J connectivity index is 1.78. The van der Waals surface area contributed by atoms with Crippen molar-refractivity contribution in [3.8, 4) is 5.75 Å². The van der Waals surface area contributed by atoms with Crippen molar-refractivity contribution < 1.29 is 18.7 Å². The Hall–Kier alpha value is -1.62. The fraction of sp³-hybridized carbons (Fsp3) is 0.562. The van der Waals surface area contributed by atoms with Gasteiger partial charge < -0.3 is 15.2 Å². The van der Waals surface area contributed by atoms with Gasteiger partial charge in [-0.25, -0.2) is 4.39 Å². The maximum absolute atomic E-state index is 13.3. The van der Waals surface area contributed by atoms with Gasteiger partial charge in [-0.15, -0.1) is 0 Å². The van der Waals surface area contributed by atoms with Gasteiger partial charge in [0.2, 0.25) is 0 Å². The van der Waals surface area contributed by atoms with Gasteiger partial charge in [0.15, 0.2) is 0 Å². The average molecular weight is 293 g/mol. The summed E-state index contributed by atoms with van der Waals surface area (Å²) in [7, 11) is 1.40. The Morgan fingerprint density at radius 1 is 1.52 bits per heavy atom. The largest absolute Gasteiger partial charge is 0.490 e. The van der Waals surface area contributed by atoms with Crippen LogP contribution < -0.4 is 10.5 Å². The van der Waals surface area contributed by atoms with Gasteiger partial charge in [-0.05, 0) is 37.0 Å². The first-order chi connectivity index (χ1) is 10.1. The molecule has 1 heterocycles. The monoisotopic (exact) mass is 293 g/mol. The molecular formula is C16H20FNO3. The highest BCUT2D eigenvalue weighted by Gasteiger charge is 2.52. The van der Waals surface area contributed by atoms with Crippen LogP contribution in [0.2, 0.25) is 0 Å². The smallest absolute Gasteiger partial charge is 0.313 e. The summed E-state index contributed by atoms with van der Waals surface area (Å²) < 4.78 is 24.1. The van der Waals surface area contributed by atoms with E-state index in [4.69, 9.17) is 15.2 Å². The molecule has 2 unspecified atom stereocenters. The lowest BCUT2D eigenvalue weighted by atomic mass is 9.77. The van der Waals surface area contributed by atoms with Crippen LogP contribution in [0.3, 0.4) is 0 Å². The molecular weight excluding hydrogens is 273 g/mol. The summed E-state index contributed by atoms with van der Waals surface area (Å²) in [6.45, 7) is 0.259. The molecule has 2 atom stereocenters. The molecule has 2 N–H and O–H groups in total. The highest BCUT2D eigenvalue weighted by molar-refractivity contribution is 5.78. The number of ether oxygens (including phenoxy) is 2. The normalized spacial score (nSPS) is 23.1. The average Bonchev–Trinajstić information content (AvgIpc) is 3.25. The Labute approximate surface area is 123 Å². The maximum atomic E-state index is 13.3. The molecule has 0 bridgehead atoms. The second-order valence-electron chi connectivity index (χ2n) is 6.03. The third kappa shape index (κ3) is 2.50. The standard InChI is InChI=1S/C16H20FNO3/c1-20-15(19)16(9-18,11-2-3-11)8-13-7-10-6-12(17)4-5-14(10)21-13/h4-6,11,13H,2-3,7-9,18H2,1H3. The fourth-order valence-electron chi connectivity index (χ4n) is 3.40. The number of esters is 1. The van der Waals surface area contributed by atoms with Gasteiger partial charge in [0.1, 0.15) is 17.7 Å².